The van der Waals surface area contributed by atoms with Gasteiger partial charge in [-0.2, -0.15) is 0 Å². The lowest BCUT2D eigenvalue weighted by Gasteiger charge is -2.27. The summed E-state index contributed by atoms with van der Waals surface area (Å²) < 4.78 is 0. The summed E-state index contributed by atoms with van der Waals surface area (Å²) >= 11 is 0. The van der Waals surface area contributed by atoms with Gasteiger partial charge in [-0.3, -0.25) is 4.79 Å². The van der Waals surface area contributed by atoms with E-state index < -0.39 is 0 Å². The van der Waals surface area contributed by atoms with Crippen molar-refractivity contribution in [2.45, 2.75) is 38.7 Å². The molecule has 2 aromatic carbocycles. The van der Waals surface area contributed by atoms with Crippen molar-refractivity contribution < 1.29 is 9.90 Å². The van der Waals surface area contributed by atoms with Gasteiger partial charge in [0, 0.05) is 5.56 Å². The number of benzene rings is 2. The second kappa shape index (κ2) is 6.61. The van der Waals surface area contributed by atoms with Crippen molar-refractivity contribution in [2.75, 3.05) is 0 Å². The van der Waals surface area contributed by atoms with Crippen molar-refractivity contribution in [3.8, 4) is 11.1 Å². The van der Waals surface area contributed by atoms with Crippen LogP contribution in [-0.4, -0.2) is 10.9 Å². The molecule has 0 radical (unpaired) electrons. The van der Waals surface area contributed by atoms with Crippen LogP contribution in [0.2, 0.25) is 0 Å². The number of allylic oxidation sites excluding steroid dienone is 1. The number of Topliss-reactive ketones (excluding diaryl/α,β-unsaturated/α-hetero) is 1. The second-order valence-corrected chi connectivity index (χ2v) is 7.34. The number of aliphatic hydroxyl groups excluding tert-OH is 1. The lowest BCUT2D eigenvalue weighted by atomic mass is 9.77. The van der Waals surface area contributed by atoms with E-state index in [-0.39, 0.29) is 18.3 Å². The summed E-state index contributed by atoms with van der Waals surface area (Å²) in [5, 5.41) is 9.60. The molecule has 128 valence electrons. The Bertz CT molecular complexity index is 828. The zero-order valence-electron chi connectivity index (χ0n) is 14.5. The Kier molecular flexibility index (Phi) is 4.30. The fraction of sp³-hybridized carbons (Fsp3) is 0.348. The standard InChI is InChI=1S/C23H24O2/c1-15-19-12-11-17(20-10-6-5-9-18(20)14-24)13-21(19)23(25)22(15)16-7-3-2-4-8-16/h5-6,9-13,16,22,24H,1-4,7-8,14H2. The van der Waals surface area contributed by atoms with E-state index in [2.05, 4.69) is 12.6 Å². The third-order valence-electron chi connectivity index (χ3n) is 5.91. The van der Waals surface area contributed by atoms with Crippen LogP contribution in [0.15, 0.2) is 49.0 Å². The third-order valence-corrected chi connectivity index (χ3v) is 5.91. The Labute approximate surface area is 149 Å². The Morgan fingerprint density at radius 2 is 1.72 bits per heavy atom. The lowest BCUT2D eigenvalue weighted by Crippen LogP contribution is -2.22. The summed E-state index contributed by atoms with van der Waals surface area (Å²) in [5.41, 5.74) is 5.71. The number of hydrogen-bond donors (Lipinski definition) is 1. The van der Waals surface area contributed by atoms with Gasteiger partial charge >= 0.3 is 0 Å². The molecule has 2 aromatic rings. The maximum Gasteiger partial charge on any atom is 0.171 e. The van der Waals surface area contributed by atoms with Crippen molar-refractivity contribution in [1.82, 2.24) is 0 Å². The molecule has 0 spiro atoms. The average Bonchev–Trinajstić information content (AvgIpc) is 2.92. The Morgan fingerprint density at radius 3 is 2.48 bits per heavy atom. The van der Waals surface area contributed by atoms with Crippen LogP contribution in [0.25, 0.3) is 16.7 Å². The van der Waals surface area contributed by atoms with E-state index in [4.69, 9.17) is 0 Å². The highest BCUT2D eigenvalue weighted by atomic mass is 16.3. The van der Waals surface area contributed by atoms with Gasteiger partial charge < -0.3 is 5.11 Å². The third kappa shape index (κ3) is 2.75. The molecule has 2 heteroatoms. The van der Waals surface area contributed by atoms with Gasteiger partial charge in [0.05, 0.1) is 12.5 Å². The van der Waals surface area contributed by atoms with E-state index in [1.807, 2.05) is 36.4 Å². The summed E-state index contributed by atoms with van der Waals surface area (Å²) in [6.07, 6.45) is 6.03. The summed E-state index contributed by atoms with van der Waals surface area (Å²) in [5.74, 6) is 0.670. The molecule has 0 saturated heterocycles. The number of ketones is 1. The summed E-state index contributed by atoms with van der Waals surface area (Å²) in [7, 11) is 0. The minimum absolute atomic E-state index is 0.00138. The highest BCUT2D eigenvalue weighted by Gasteiger charge is 2.39. The summed E-state index contributed by atoms with van der Waals surface area (Å²) in [6, 6.07) is 13.9. The Hall–Kier alpha value is -2.19. The predicted octanol–water partition coefficient (Wildman–Crippen LogP) is 5.25. The topological polar surface area (TPSA) is 37.3 Å². The smallest absolute Gasteiger partial charge is 0.171 e. The monoisotopic (exact) mass is 332 g/mol. The largest absolute Gasteiger partial charge is 0.392 e. The number of rotatable bonds is 3. The highest BCUT2D eigenvalue weighted by Crippen LogP contribution is 2.45. The molecule has 0 heterocycles. The highest BCUT2D eigenvalue weighted by molar-refractivity contribution is 6.14. The zero-order valence-corrected chi connectivity index (χ0v) is 14.5. The molecule has 2 aliphatic rings. The fourth-order valence-corrected chi connectivity index (χ4v) is 4.59. The minimum atomic E-state index is -0.0290. The van der Waals surface area contributed by atoms with E-state index >= 15 is 0 Å². The van der Waals surface area contributed by atoms with Gasteiger partial charge in [0.1, 0.15) is 0 Å². The molecule has 25 heavy (non-hydrogen) atoms. The quantitative estimate of drug-likeness (QED) is 0.833. The van der Waals surface area contributed by atoms with Gasteiger partial charge in [0.15, 0.2) is 5.78 Å². The van der Waals surface area contributed by atoms with Gasteiger partial charge in [-0.25, -0.2) is 0 Å². The molecule has 2 nitrogen and oxygen atoms in total. The molecule has 4 rings (SSSR count). The van der Waals surface area contributed by atoms with Crippen LogP contribution < -0.4 is 0 Å². The number of hydrogen-bond acceptors (Lipinski definition) is 2. The van der Waals surface area contributed by atoms with Crippen molar-refractivity contribution >= 4 is 11.4 Å². The maximum absolute atomic E-state index is 13.1. The van der Waals surface area contributed by atoms with E-state index in [0.717, 1.165) is 46.2 Å². The molecule has 0 aromatic heterocycles. The summed E-state index contributed by atoms with van der Waals surface area (Å²) in [4.78, 5) is 13.1. The normalized spacial score (nSPS) is 20.8. The van der Waals surface area contributed by atoms with Crippen molar-refractivity contribution in [1.29, 1.82) is 0 Å². The first-order valence-corrected chi connectivity index (χ1v) is 9.27. The molecule has 0 bridgehead atoms. The number of aliphatic hydroxyl groups is 1. The van der Waals surface area contributed by atoms with Crippen molar-refractivity contribution in [3.63, 3.8) is 0 Å². The molecule has 1 unspecified atom stereocenters. The van der Waals surface area contributed by atoms with Crippen LogP contribution in [0.4, 0.5) is 0 Å². The van der Waals surface area contributed by atoms with Gasteiger partial charge in [0.2, 0.25) is 0 Å². The molecule has 1 atom stereocenters. The SMILES string of the molecule is C=C1c2ccc(-c3ccccc3CO)cc2C(=O)C1C1CCCCC1. The molecule has 2 aliphatic carbocycles. The van der Waals surface area contributed by atoms with Gasteiger partial charge in [-0.1, -0.05) is 62.2 Å². The van der Waals surface area contributed by atoms with E-state index in [1.54, 1.807) is 0 Å². The molecule has 0 amide bonds. The first-order valence-electron chi connectivity index (χ1n) is 9.27. The summed E-state index contributed by atoms with van der Waals surface area (Å²) in [6.45, 7) is 4.28. The number of carbonyl (C=O) groups excluding carboxylic acids is 1. The van der Waals surface area contributed by atoms with Gasteiger partial charge in [0.25, 0.3) is 0 Å². The number of fused-ring (bicyclic) bond motifs is 1. The molecule has 1 saturated carbocycles. The fourth-order valence-electron chi connectivity index (χ4n) is 4.59. The van der Waals surface area contributed by atoms with Crippen LogP contribution in [0, 0.1) is 11.8 Å². The molecule has 1 fully saturated rings. The van der Waals surface area contributed by atoms with Crippen LogP contribution in [0.1, 0.15) is 53.6 Å². The van der Waals surface area contributed by atoms with Crippen LogP contribution in [0.5, 0.6) is 0 Å². The average molecular weight is 332 g/mol. The van der Waals surface area contributed by atoms with Crippen LogP contribution in [-0.2, 0) is 6.61 Å². The first kappa shape index (κ1) is 16.3. The van der Waals surface area contributed by atoms with E-state index in [0.29, 0.717) is 5.92 Å². The van der Waals surface area contributed by atoms with Gasteiger partial charge in [-0.05, 0) is 52.7 Å². The lowest BCUT2D eigenvalue weighted by molar-refractivity contribution is 0.0909. The predicted molar refractivity (Wildman–Crippen MR) is 101 cm³/mol. The molecule has 0 aliphatic heterocycles. The van der Waals surface area contributed by atoms with Crippen LogP contribution in [0.3, 0.4) is 0 Å². The van der Waals surface area contributed by atoms with Gasteiger partial charge in [-0.15, -0.1) is 0 Å². The minimum Gasteiger partial charge on any atom is -0.392 e. The Morgan fingerprint density at radius 1 is 0.960 bits per heavy atom. The second-order valence-electron chi connectivity index (χ2n) is 7.34. The van der Waals surface area contributed by atoms with E-state index in [1.165, 1.54) is 19.3 Å². The zero-order chi connectivity index (χ0) is 17.4. The molecular weight excluding hydrogens is 308 g/mol. The maximum atomic E-state index is 13.1. The van der Waals surface area contributed by atoms with Crippen LogP contribution >= 0.6 is 0 Å². The molecular formula is C23H24O2. The van der Waals surface area contributed by atoms with E-state index in [9.17, 15) is 9.90 Å². The van der Waals surface area contributed by atoms with Crippen molar-refractivity contribution in [3.05, 3.63) is 65.7 Å². The number of carbonyl (C=O) groups is 1. The Balaban J connectivity index is 1.72. The van der Waals surface area contributed by atoms with Crippen molar-refractivity contribution in [2.24, 2.45) is 11.8 Å². The first-order chi connectivity index (χ1) is 12.2. The molecule has 1 N–H and O–H groups in total.